The number of halogens is 2. The smallest absolute Gasteiger partial charge is 0.259 e. The van der Waals surface area contributed by atoms with E-state index in [4.69, 9.17) is 10.3 Å². The molecule has 1 aromatic carbocycles. The van der Waals surface area contributed by atoms with Crippen LogP contribution in [-0.4, -0.2) is 10.1 Å². The third kappa shape index (κ3) is 2.65. The molecule has 1 aromatic heterocycles. The molecule has 0 aliphatic carbocycles. The van der Waals surface area contributed by atoms with Crippen LogP contribution in [0.5, 0.6) is 0 Å². The number of benzene rings is 1. The van der Waals surface area contributed by atoms with Crippen molar-refractivity contribution >= 4 is 31.9 Å². The highest BCUT2D eigenvalue weighted by molar-refractivity contribution is 9.11. The van der Waals surface area contributed by atoms with Gasteiger partial charge in [0.15, 0.2) is 5.82 Å². The highest BCUT2D eigenvalue weighted by Gasteiger charge is 2.26. The summed E-state index contributed by atoms with van der Waals surface area (Å²) in [5.74, 6) is 0.990. The van der Waals surface area contributed by atoms with E-state index in [2.05, 4.69) is 42.0 Å². The van der Waals surface area contributed by atoms with Crippen molar-refractivity contribution in [2.75, 3.05) is 0 Å². The number of hydrogen-bond donors (Lipinski definition) is 1. The molecule has 4 nitrogen and oxygen atoms in total. The molecule has 2 N–H and O–H groups in total. The fourth-order valence-corrected chi connectivity index (χ4v) is 2.60. The number of aromatic nitrogens is 2. The Labute approximate surface area is 122 Å². The van der Waals surface area contributed by atoms with E-state index in [1.807, 2.05) is 32.0 Å². The molecule has 0 radical (unpaired) electrons. The summed E-state index contributed by atoms with van der Waals surface area (Å²) >= 11 is 6.87. The fraction of sp³-hybridized carbons (Fsp3) is 0.333. The van der Waals surface area contributed by atoms with Gasteiger partial charge in [-0.1, -0.05) is 28.0 Å². The van der Waals surface area contributed by atoms with Gasteiger partial charge in [-0.05, 0) is 47.5 Å². The lowest BCUT2D eigenvalue weighted by molar-refractivity contribution is 0.379. The number of hydrogen-bond acceptors (Lipinski definition) is 4. The lowest BCUT2D eigenvalue weighted by Crippen LogP contribution is -2.33. The summed E-state index contributed by atoms with van der Waals surface area (Å²) in [6.07, 6.45) is 0.744. The van der Waals surface area contributed by atoms with E-state index in [9.17, 15) is 0 Å². The van der Waals surface area contributed by atoms with Gasteiger partial charge in [0, 0.05) is 8.95 Å². The zero-order chi connectivity index (χ0) is 13.3. The molecule has 2 rings (SSSR count). The summed E-state index contributed by atoms with van der Waals surface area (Å²) in [5.41, 5.74) is 6.37. The normalized spacial score (nSPS) is 14.5. The van der Waals surface area contributed by atoms with Crippen LogP contribution in [0.4, 0.5) is 0 Å². The predicted molar refractivity (Wildman–Crippen MR) is 77.0 cm³/mol. The van der Waals surface area contributed by atoms with Crippen molar-refractivity contribution in [1.29, 1.82) is 0 Å². The van der Waals surface area contributed by atoms with E-state index in [-0.39, 0.29) is 0 Å². The van der Waals surface area contributed by atoms with E-state index in [1.54, 1.807) is 0 Å². The second kappa shape index (κ2) is 5.11. The molecule has 96 valence electrons. The number of nitrogens with zero attached hydrogens (tertiary/aromatic N) is 2. The average Bonchev–Trinajstić information content (AvgIpc) is 2.79. The van der Waals surface area contributed by atoms with Gasteiger partial charge in [-0.25, -0.2) is 0 Å². The maximum atomic E-state index is 6.09. The summed E-state index contributed by atoms with van der Waals surface area (Å²) < 4.78 is 7.15. The third-order valence-corrected chi connectivity index (χ3v) is 3.98. The van der Waals surface area contributed by atoms with Crippen molar-refractivity contribution < 1.29 is 4.52 Å². The molecule has 0 aliphatic rings. The van der Waals surface area contributed by atoms with Crippen LogP contribution in [0, 0.1) is 0 Å². The minimum absolute atomic E-state index is 0.467. The van der Waals surface area contributed by atoms with Gasteiger partial charge in [0.25, 0.3) is 5.89 Å². The molecule has 1 unspecified atom stereocenters. The Bertz CT molecular complexity index is 566. The summed E-state index contributed by atoms with van der Waals surface area (Å²) in [7, 11) is 0. The van der Waals surface area contributed by atoms with Crippen LogP contribution < -0.4 is 5.73 Å². The SMILES string of the molecule is CCC(C)(N)c1noc(-c2ccc(Br)cc2Br)n1. The molecule has 0 bridgehead atoms. The molecule has 0 amide bonds. The van der Waals surface area contributed by atoms with Gasteiger partial charge in [-0.15, -0.1) is 0 Å². The second-order valence-electron chi connectivity index (χ2n) is 4.32. The molecule has 0 saturated carbocycles. The van der Waals surface area contributed by atoms with Crippen LogP contribution in [-0.2, 0) is 5.54 Å². The molecular weight excluding hydrogens is 362 g/mol. The summed E-state index contributed by atoms with van der Waals surface area (Å²) in [6, 6.07) is 5.76. The van der Waals surface area contributed by atoms with Crippen molar-refractivity contribution in [3.8, 4) is 11.5 Å². The van der Waals surface area contributed by atoms with Crippen LogP contribution in [0.25, 0.3) is 11.5 Å². The molecule has 1 atom stereocenters. The average molecular weight is 375 g/mol. The lowest BCUT2D eigenvalue weighted by atomic mass is 10.0. The number of rotatable bonds is 3. The Morgan fingerprint density at radius 2 is 2.11 bits per heavy atom. The van der Waals surface area contributed by atoms with Crippen LogP contribution >= 0.6 is 31.9 Å². The van der Waals surface area contributed by atoms with Gasteiger partial charge < -0.3 is 10.3 Å². The predicted octanol–water partition coefficient (Wildman–Crippen LogP) is 3.85. The second-order valence-corrected chi connectivity index (χ2v) is 6.09. The van der Waals surface area contributed by atoms with Gasteiger partial charge >= 0.3 is 0 Å². The van der Waals surface area contributed by atoms with Gasteiger partial charge in [-0.3, -0.25) is 0 Å². The molecule has 0 spiro atoms. The van der Waals surface area contributed by atoms with Crippen molar-refractivity contribution in [2.45, 2.75) is 25.8 Å². The van der Waals surface area contributed by atoms with E-state index >= 15 is 0 Å². The number of nitrogens with two attached hydrogens (primary N) is 1. The highest BCUT2D eigenvalue weighted by Crippen LogP contribution is 2.30. The quantitative estimate of drug-likeness (QED) is 0.886. The maximum absolute atomic E-state index is 6.09. The van der Waals surface area contributed by atoms with Crippen LogP contribution in [0.2, 0.25) is 0 Å². The third-order valence-electron chi connectivity index (χ3n) is 2.83. The minimum atomic E-state index is -0.566. The summed E-state index contributed by atoms with van der Waals surface area (Å²) in [5, 5.41) is 3.95. The first-order valence-electron chi connectivity index (χ1n) is 5.52. The molecular formula is C12H13Br2N3O. The molecule has 0 saturated heterocycles. The molecule has 1 heterocycles. The van der Waals surface area contributed by atoms with Crippen LogP contribution in [0.1, 0.15) is 26.1 Å². The van der Waals surface area contributed by atoms with E-state index < -0.39 is 5.54 Å². The summed E-state index contributed by atoms with van der Waals surface area (Å²) in [6.45, 7) is 3.88. The van der Waals surface area contributed by atoms with Gasteiger partial charge in [0.2, 0.25) is 0 Å². The first-order chi connectivity index (χ1) is 8.44. The fourth-order valence-electron chi connectivity index (χ4n) is 1.39. The standard InChI is InChI=1S/C12H13Br2N3O/c1-3-12(2,15)11-16-10(18-17-11)8-5-4-7(13)6-9(8)14/h4-6H,3,15H2,1-2H3. The molecule has 0 aliphatic heterocycles. The van der Waals surface area contributed by atoms with Crippen molar-refractivity contribution in [3.63, 3.8) is 0 Å². The van der Waals surface area contributed by atoms with Crippen LogP contribution in [0.3, 0.4) is 0 Å². The Kier molecular flexibility index (Phi) is 3.89. The summed E-state index contributed by atoms with van der Waals surface area (Å²) in [4.78, 5) is 4.37. The van der Waals surface area contributed by atoms with Gasteiger partial charge in [0.1, 0.15) is 0 Å². The zero-order valence-corrected chi connectivity index (χ0v) is 13.2. The largest absolute Gasteiger partial charge is 0.334 e. The van der Waals surface area contributed by atoms with Gasteiger partial charge in [-0.2, -0.15) is 4.98 Å². The first kappa shape index (κ1) is 13.7. The molecule has 6 heteroatoms. The van der Waals surface area contributed by atoms with Crippen molar-refractivity contribution in [1.82, 2.24) is 10.1 Å². The van der Waals surface area contributed by atoms with Crippen molar-refractivity contribution in [3.05, 3.63) is 33.0 Å². The molecule has 18 heavy (non-hydrogen) atoms. The van der Waals surface area contributed by atoms with E-state index in [0.29, 0.717) is 11.7 Å². The Morgan fingerprint density at radius 3 is 2.72 bits per heavy atom. The highest BCUT2D eigenvalue weighted by atomic mass is 79.9. The molecule has 0 fully saturated rings. The van der Waals surface area contributed by atoms with E-state index in [1.165, 1.54) is 0 Å². The van der Waals surface area contributed by atoms with Crippen molar-refractivity contribution in [2.24, 2.45) is 5.73 Å². The minimum Gasteiger partial charge on any atom is -0.334 e. The van der Waals surface area contributed by atoms with E-state index in [0.717, 1.165) is 20.9 Å². The van der Waals surface area contributed by atoms with Gasteiger partial charge in [0.05, 0.1) is 11.1 Å². The maximum Gasteiger partial charge on any atom is 0.259 e. The Hall–Kier alpha value is -0.720. The van der Waals surface area contributed by atoms with Crippen LogP contribution in [0.15, 0.2) is 31.7 Å². The monoisotopic (exact) mass is 373 g/mol. The topological polar surface area (TPSA) is 64.9 Å². The first-order valence-corrected chi connectivity index (χ1v) is 7.11. The zero-order valence-electron chi connectivity index (χ0n) is 10.1. The molecule has 2 aromatic rings. The Morgan fingerprint density at radius 1 is 1.39 bits per heavy atom. The lowest BCUT2D eigenvalue weighted by Gasteiger charge is -2.16. The Balaban J connectivity index is 2.41.